The van der Waals surface area contributed by atoms with Crippen LogP contribution in [0.1, 0.15) is 48.7 Å². The number of aromatic nitrogens is 2. The largest absolute Gasteiger partial charge is 0.487 e. The predicted molar refractivity (Wildman–Crippen MR) is 98.4 cm³/mol. The summed E-state index contributed by atoms with van der Waals surface area (Å²) in [5.41, 5.74) is 5.17. The van der Waals surface area contributed by atoms with E-state index in [4.69, 9.17) is 9.72 Å². The SMILES string of the molecule is CC1(C)Cc2cc([C@H]3CC(=O)NCc4nc5ccccn5c43)ccc2O1. The lowest BCUT2D eigenvalue weighted by molar-refractivity contribution is -0.121. The molecule has 1 N–H and O–H groups in total. The molecule has 5 rings (SSSR count). The minimum Gasteiger partial charge on any atom is -0.487 e. The van der Waals surface area contributed by atoms with E-state index in [2.05, 4.69) is 35.7 Å². The zero-order valence-electron chi connectivity index (χ0n) is 15.0. The number of pyridine rings is 1. The summed E-state index contributed by atoms with van der Waals surface area (Å²) in [4.78, 5) is 17.1. The number of fused-ring (bicyclic) bond motifs is 4. The Kier molecular flexibility index (Phi) is 3.17. The Bertz CT molecular complexity index is 1030. The van der Waals surface area contributed by atoms with Crippen LogP contribution in [0, 0.1) is 0 Å². The molecule has 1 aromatic carbocycles. The maximum Gasteiger partial charge on any atom is 0.221 e. The quantitative estimate of drug-likeness (QED) is 0.735. The maximum absolute atomic E-state index is 12.3. The van der Waals surface area contributed by atoms with Gasteiger partial charge in [0.2, 0.25) is 5.91 Å². The van der Waals surface area contributed by atoms with Gasteiger partial charge in [0, 0.05) is 25.0 Å². The normalized spacial score (nSPS) is 20.8. The minimum atomic E-state index is -0.170. The monoisotopic (exact) mass is 347 g/mol. The summed E-state index contributed by atoms with van der Waals surface area (Å²) < 4.78 is 8.13. The molecule has 0 unspecified atom stereocenters. The molecule has 2 aliphatic rings. The molecule has 5 heteroatoms. The van der Waals surface area contributed by atoms with Crippen molar-refractivity contribution in [3.05, 3.63) is 65.1 Å². The Morgan fingerprint density at radius 3 is 3.04 bits per heavy atom. The van der Waals surface area contributed by atoms with Crippen LogP contribution >= 0.6 is 0 Å². The lowest BCUT2D eigenvalue weighted by atomic mass is 9.89. The van der Waals surface area contributed by atoms with Crippen molar-refractivity contribution in [2.24, 2.45) is 0 Å². The fourth-order valence-electron chi connectivity index (χ4n) is 4.22. The van der Waals surface area contributed by atoms with Gasteiger partial charge >= 0.3 is 0 Å². The second-order valence-corrected chi connectivity index (χ2v) is 7.81. The van der Waals surface area contributed by atoms with E-state index in [-0.39, 0.29) is 17.4 Å². The molecule has 0 spiro atoms. The molecule has 3 aromatic rings. The van der Waals surface area contributed by atoms with Crippen LogP contribution in [0.4, 0.5) is 0 Å². The van der Waals surface area contributed by atoms with E-state index in [1.165, 1.54) is 5.56 Å². The van der Waals surface area contributed by atoms with Crippen LogP contribution in [0.15, 0.2) is 42.6 Å². The van der Waals surface area contributed by atoms with Gasteiger partial charge in [0.15, 0.2) is 0 Å². The second kappa shape index (κ2) is 5.34. The summed E-state index contributed by atoms with van der Waals surface area (Å²) in [6, 6.07) is 12.3. The maximum atomic E-state index is 12.3. The van der Waals surface area contributed by atoms with E-state index in [1.54, 1.807) is 0 Å². The number of ether oxygens (including phenoxy) is 1. The fourth-order valence-corrected chi connectivity index (χ4v) is 4.22. The number of carbonyl (C=O) groups is 1. The van der Waals surface area contributed by atoms with Crippen LogP contribution < -0.4 is 10.1 Å². The Morgan fingerprint density at radius 1 is 1.27 bits per heavy atom. The van der Waals surface area contributed by atoms with Crippen molar-refractivity contribution < 1.29 is 9.53 Å². The molecule has 1 atom stereocenters. The van der Waals surface area contributed by atoms with Crippen LogP contribution in [-0.4, -0.2) is 20.9 Å². The zero-order chi connectivity index (χ0) is 17.9. The van der Waals surface area contributed by atoms with Gasteiger partial charge < -0.3 is 14.5 Å². The van der Waals surface area contributed by atoms with Crippen molar-refractivity contribution in [3.63, 3.8) is 0 Å². The lowest BCUT2D eigenvalue weighted by Gasteiger charge is -2.17. The molecule has 0 aliphatic carbocycles. The van der Waals surface area contributed by atoms with Gasteiger partial charge in [-0.25, -0.2) is 4.98 Å². The number of imidazole rings is 1. The Hall–Kier alpha value is -2.82. The predicted octanol–water partition coefficient (Wildman–Crippen LogP) is 3.20. The Morgan fingerprint density at radius 2 is 2.15 bits per heavy atom. The molecule has 2 aromatic heterocycles. The van der Waals surface area contributed by atoms with E-state index < -0.39 is 0 Å². The van der Waals surface area contributed by atoms with Gasteiger partial charge in [0.25, 0.3) is 0 Å². The standard InChI is InChI=1S/C21H21N3O2/c1-21(2)11-14-9-13(6-7-17(14)26-21)15-10-19(25)22-12-16-20(15)24-8-4-3-5-18(24)23-16/h3-9,15H,10-12H2,1-2H3,(H,22,25)/t15-/m1/s1. The number of amides is 1. The molecular formula is C21H21N3O2. The summed E-state index contributed by atoms with van der Waals surface area (Å²) in [6.07, 6.45) is 3.34. The molecular weight excluding hydrogens is 326 g/mol. The third kappa shape index (κ3) is 2.38. The summed E-state index contributed by atoms with van der Waals surface area (Å²) >= 11 is 0. The first kappa shape index (κ1) is 15.4. The number of carbonyl (C=O) groups excluding carboxylic acids is 1. The smallest absolute Gasteiger partial charge is 0.221 e. The van der Waals surface area contributed by atoms with E-state index in [1.807, 2.05) is 30.5 Å². The fraction of sp³-hybridized carbons (Fsp3) is 0.333. The highest BCUT2D eigenvalue weighted by Gasteiger charge is 2.33. The van der Waals surface area contributed by atoms with Gasteiger partial charge in [-0.2, -0.15) is 0 Å². The summed E-state index contributed by atoms with van der Waals surface area (Å²) in [5, 5.41) is 2.99. The first-order valence-corrected chi connectivity index (χ1v) is 9.05. The van der Waals surface area contributed by atoms with E-state index >= 15 is 0 Å². The van der Waals surface area contributed by atoms with Crippen molar-refractivity contribution in [1.82, 2.24) is 14.7 Å². The number of rotatable bonds is 1. The molecule has 26 heavy (non-hydrogen) atoms. The molecule has 2 aliphatic heterocycles. The van der Waals surface area contributed by atoms with Gasteiger partial charge in [-0.3, -0.25) is 4.79 Å². The molecule has 4 heterocycles. The molecule has 0 saturated heterocycles. The highest BCUT2D eigenvalue weighted by molar-refractivity contribution is 5.78. The number of benzene rings is 1. The highest BCUT2D eigenvalue weighted by Crippen LogP contribution is 2.39. The molecule has 0 saturated carbocycles. The van der Waals surface area contributed by atoms with Crippen molar-refractivity contribution in [1.29, 1.82) is 0 Å². The Labute approximate surface area is 152 Å². The van der Waals surface area contributed by atoms with Crippen molar-refractivity contribution >= 4 is 11.6 Å². The topological polar surface area (TPSA) is 55.6 Å². The van der Waals surface area contributed by atoms with Gasteiger partial charge in [-0.15, -0.1) is 0 Å². The van der Waals surface area contributed by atoms with Crippen molar-refractivity contribution in [2.45, 2.75) is 44.8 Å². The minimum absolute atomic E-state index is 0.0149. The first-order valence-electron chi connectivity index (χ1n) is 9.05. The summed E-state index contributed by atoms with van der Waals surface area (Å²) in [7, 11) is 0. The summed E-state index contributed by atoms with van der Waals surface area (Å²) in [6.45, 7) is 4.69. The highest BCUT2D eigenvalue weighted by atomic mass is 16.5. The van der Waals surface area contributed by atoms with Crippen LogP contribution in [-0.2, 0) is 17.8 Å². The van der Waals surface area contributed by atoms with Crippen LogP contribution in [0.25, 0.3) is 5.65 Å². The number of hydrogen-bond donors (Lipinski definition) is 1. The van der Waals surface area contributed by atoms with Crippen LogP contribution in [0.2, 0.25) is 0 Å². The van der Waals surface area contributed by atoms with Gasteiger partial charge in [0.1, 0.15) is 17.0 Å². The third-order valence-electron chi connectivity index (χ3n) is 5.31. The van der Waals surface area contributed by atoms with E-state index in [0.29, 0.717) is 13.0 Å². The lowest BCUT2D eigenvalue weighted by Crippen LogP contribution is -2.24. The second-order valence-electron chi connectivity index (χ2n) is 7.81. The first-order chi connectivity index (χ1) is 12.5. The molecule has 0 radical (unpaired) electrons. The molecule has 5 nitrogen and oxygen atoms in total. The number of nitrogens with zero attached hydrogens (tertiary/aromatic N) is 2. The number of nitrogens with one attached hydrogen (secondary N) is 1. The number of hydrogen-bond acceptors (Lipinski definition) is 3. The molecule has 1 amide bonds. The van der Waals surface area contributed by atoms with Gasteiger partial charge in [-0.05, 0) is 43.2 Å². The molecule has 0 fully saturated rings. The van der Waals surface area contributed by atoms with Crippen LogP contribution in [0.5, 0.6) is 5.75 Å². The molecule has 0 bridgehead atoms. The zero-order valence-corrected chi connectivity index (χ0v) is 15.0. The van der Waals surface area contributed by atoms with E-state index in [0.717, 1.165) is 34.8 Å². The average molecular weight is 347 g/mol. The van der Waals surface area contributed by atoms with Gasteiger partial charge in [0.05, 0.1) is 17.9 Å². The Balaban J connectivity index is 1.66. The van der Waals surface area contributed by atoms with Gasteiger partial charge in [-0.1, -0.05) is 18.2 Å². The average Bonchev–Trinajstić information content (AvgIpc) is 3.07. The van der Waals surface area contributed by atoms with E-state index in [9.17, 15) is 4.79 Å². The van der Waals surface area contributed by atoms with Crippen molar-refractivity contribution in [3.8, 4) is 5.75 Å². The van der Waals surface area contributed by atoms with Crippen LogP contribution in [0.3, 0.4) is 0 Å². The third-order valence-corrected chi connectivity index (χ3v) is 5.31. The summed E-state index contributed by atoms with van der Waals surface area (Å²) in [5.74, 6) is 1.00. The van der Waals surface area contributed by atoms with Crippen molar-refractivity contribution in [2.75, 3.05) is 0 Å². The molecule has 132 valence electrons.